The minimum Gasteiger partial charge on any atom is -0.357 e. The van der Waals surface area contributed by atoms with Gasteiger partial charge in [-0.2, -0.15) is 0 Å². The second-order valence-corrected chi connectivity index (χ2v) is 2.05. The van der Waals surface area contributed by atoms with Gasteiger partial charge < -0.3 is 10.3 Å². The Kier molecular flexibility index (Phi) is 0.768. The van der Waals surface area contributed by atoms with Crippen LogP contribution in [-0.4, -0.2) is 16.7 Å². The Hall–Kier alpha value is -1.58. The number of hydrogen-bond acceptors (Lipinski definition) is 2. The monoisotopic (exact) mass is 136 g/mol. The number of nitrogens with one attached hydrogen (secondary N) is 2. The summed E-state index contributed by atoms with van der Waals surface area (Å²) in [6, 6.07) is 1.65. The van der Waals surface area contributed by atoms with E-state index in [2.05, 4.69) is 10.3 Å². The summed E-state index contributed by atoms with van der Waals surface area (Å²) in [5.41, 5.74) is 0.944. The number of carbonyl (C=O) groups is 2. The highest BCUT2D eigenvalue weighted by atomic mass is 16.2. The molecule has 0 aromatic carbocycles. The van der Waals surface area contributed by atoms with Gasteiger partial charge in [-0.25, -0.2) is 0 Å². The fourth-order valence-electron chi connectivity index (χ4n) is 0.954. The van der Waals surface area contributed by atoms with Crippen molar-refractivity contribution < 1.29 is 9.59 Å². The highest BCUT2D eigenvalue weighted by Gasteiger charge is 2.28. The van der Waals surface area contributed by atoms with Gasteiger partial charge in [0.15, 0.2) is 0 Å². The number of Topliss-reactive ketones (excluding diaryl/α,β-unsaturated/α-hetero) is 1. The molecule has 2 rings (SSSR count). The lowest BCUT2D eigenvalue weighted by Crippen LogP contribution is -2.13. The van der Waals surface area contributed by atoms with Crippen LogP contribution >= 0.6 is 0 Å². The van der Waals surface area contributed by atoms with Crippen molar-refractivity contribution in [2.24, 2.45) is 0 Å². The molecule has 0 fully saturated rings. The van der Waals surface area contributed by atoms with E-state index in [0.717, 1.165) is 0 Å². The first-order valence-electron chi connectivity index (χ1n) is 2.82. The van der Waals surface area contributed by atoms with E-state index in [4.69, 9.17) is 0 Å². The van der Waals surface area contributed by atoms with E-state index in [1.165, 1.54) is 0 Å². The van der Waals surface area contributed by atoms with Gasteiger partial charge in [0.25, 0.3) is 11.7 Å². The fourth-order valence-corrected chi connectivity index (χ4v) is 0.954. The molecule has 0 saturated carbocycles. The van der Waals surface area contributed by atoms with Gasteiger partial charge in [-0.3, -0.25) is 9.59 Å². The molecule has 2 N–H and O–H groups in total. The van der Waals surface area contributed by atoms with E-state index in [1.807, 2.05) is 0 Å². The molecule has 1 aliphatic heterocycles. The molecule has 10 heavy (non-hydrogen) atoms. The predicted octanol–water partition coefficient (Wildman–Crippen LogP) is 0.149. The Bertz CT molecular complexity index is 313. The average molecular weight is 136 g/mol. The number of fused-ring (bicyclic) bond motifs is 1. The average Bonchev–Trinajstić information content (AvgIpc) is 2.41. The molecular weight excluding hydrogens is 132 g/mol. The number of ketones is 1. The second-order valence-electron chi connectivity index (χ2n) is 2.05. The summed E-state index contributed by atoms with van der Waals surface area (Å²) < 4.78 is 0. The molecule has 1 aliphatic rings. The number of anilines is 1. The molecule has 0 spiro atoms. The van der Waals surface area contributed by atoms with Crippen LogP contribution < -0.4 is 5.32 Å². The van der Waals surface area contributed by atoms with Gasteiger partial charge in [-0.05, 0) is 6.07 Å². The van der Waals surface area contributed by atoms with Crippen molar-refractivity contribution in [3.05, 3.63) is 18.0 Å². The van der Waals surface area contributed by atoms with Crippen LogP contribution in [0.5, 0.6) is 0 Å². The third-order valence-corrected chi connectivity index (χ3v) is 1.43. The van der Waals surface area contributed by atoms with Crippen molar-refractivity contribution in [2.45, 2.75) is 0 Å². The Balaban J connectivity index is 2.63. The van der Waals surface area contributed by atoms with Gasteiger partial charge >= 0.3 is 0 Å². The van der Waals surface area contributed by atoms with Gasteiger partial charge in [0.1, 0.15) is 5.69 Å². The lowest BCUT2D eigenvalue weighted by molar-refractivity contribution is -0.112. The van der Waals surface area contributed by atoms with E-state index < -0.39 is 11.7 Å². The maximum Gasteiger partial charge on any atom is 0.298 e. The van der Waals surface area contributed by atoms with Crippen molar-refractivity contribution in [3.8, 4) is 0 Å². The minimum atomic E-state index is -0.554. The summed E-state index contributed by atoms with van der Waals surface area (Å²) in [7, 11) is 0. The van der Waals surface area contributed by atoms with E-state index in [1.54, 1.807) is 12.3 Å². The number of amides is 1. The molecule has 1 aromatic heterocycles. The van der Waals surface area contributed by atoms with Crippen LogP contribution in [0.2, 0.25) is 0 Å². The van der Waals surface area contributed by atoms with Crippen LogP contribution in [0.25, 0.3) is 0 Å². The van der Waals surface area contributed by atoms with Gasteiger partial charge in [0, 0.05) is 6.20 Å². The number of aromatic nitrogens is 1. The predicted molar refractivity (Wildman–Crippen MR) is 33.8 cm³/mol. The highest BCUT2D eigenvalue weighted by Crippen LogP contribution is 2.19. The lowest BCUT2D eigenvalue weighted by Gasteiger charge is -1.83. The molecular formula is C6H4N2O2. The SMILES string of the molecule is O=C1Nc2cc[nH]c2C1=O. The first-order valence-corrected chi connectivity index (χ1v) is 2.82. The zero-order chi connectivity index (χ0) is 7.14. The fraction of sp³-hybridized carbons (Fsp3) is 0. The van der Waals surface area contributed by atoms with Gasteiger partial charge in [0.05, 0.1) is 5.69 Å². The zero-order valence-electron chi connectivity index (χ0n) is 4.97. The first-order chi connectivity index (χ1) is 4.79. The molecule has 1 amide bonds. The highest BCUT2D eigenvalue weighted by molar-refractivity contribution is 6.51. The molecule has 0 atom stereocenters. The van der Waals surface area contributed by atoms with Gasteiger partial charge in [-0.15, -0.1) is 0 Å². The molecule has 0 aliphatic carbocycles. The summed E-state index contributed by atoms with van der Waals surface area (Å²) >= 11 is 0. The van der Waals surface area contributed by atoms with Crippen molar-refractivity contribution >= 4 is 17.4 Å². The Morgan fingerprint density at radius 3 is 2.80 bits per heavy atom. The summed E-state index contributed by atoms with van der Waals surface area (Å²) in [6.07, 6.45) is 1.61. The standard InChI is InChI=1S/C6H4N2O2/c9-5-4-3(1-2-7-4)8-6(5)10/h1-2,7H,(H,8,9,10). The van der Waals surface area contributed by atoms with E-state index in [-0.39, 0.29) is 0 Å². The van der Waals surface area contributed by atoms with E-state index >= 15 is 0 Å². The molecule has 0 saturated heterocycles. The molecule has 4 nitrogen and oxygen atoms in total. The first kappa shape index (κ1) is 5.22. The third kappa shape index (κ3) is 0.452. The number of H-pyrrole nitrogens is 1. The Morgan fingerprint density at radius 1 is 1.30 bits per heavy atom. The summed E-state index contributed by atoms with van der Waals surface area (Å²) in [6.45, 7) is 0. The molecule has 0 radical (unpaired) electrons. The maximum atomic E-state index is 10.8. The van der Waals surface area contributed by atoms with Crippen LogP contribution in [0.1, 0.15) is 10.5 Å². The molecule has 1 aromatic rings. The Morgan fingerprint density at radius 2 is 2.10 bits per heavy atom. The summed E-state index contributed by atoms with van der Waals surface area (Å²) in [5.74, 6) is -1.04. The third-order valence-electron chi connectivity index (χ3n) is 1.43. The van der Waals surface area contributed by atoms with Crippen LogP contribution in [-0.2, 0) is 4.79 Å². The van der Waals surface area contributed by atoms with Crippen molar-refractivity contribution in [1.29, 1.82) is 0 Å². The van der Waals surface area contributed by atoms with Gasteiger partial charge in [0.2, 0.25) is 0 Å². The molecule has 4 heteroatoms. The smallest absolute Gasteiger partial charge is 0.298 e. The second kappa shape index (κ2) is 1.47. The Labute approximate surface area is 56.2 Å². The van der Waals surface area contributed by atoms with Gasteiger partial charge in [-0.1, -0.05) is 0 Å². The van der Waals surface area contributed by atoms with Crippen LogP contribution in [0, 0.1) is 0 Å². The van der Waals surface area contributed by atoms with E-state index in [9.17, 15) is 9.59 Å². The van der Waals surface area contributed by atoms with Crippen LogP contribution in [0.4, 0.5) is 5.69 Å². The maximum absolute atomic E-state index is 10.8. The number of rotatable bonds is 0. The molecule has 0 bridgehead atoms. The van der Waals surface area contributed by atoms with Crippen LogP contribution in [0.3, 0.4) is 0 Å². The number of hydrogen-bond donors (Lipinski definition) is 2. The normalized spacial score (nSPS) is 15.2. The zero-order valence-corrected chi connectivity index (χ0v) is 4.97. The van der Waals surface area contributed by atoms with E-state index in [0.29, 0.717) is 11.4 Å². The number of aromatic amines is 1. The largest absolute Gasteiger partial charge is 0.357 e. The summed E-state index contributed by atoms with van der Waals surface area (Å²) in [5, 5.41) is 2.41. The summed E-state index contributed by atoms with van der Waals surface area (Å²) in [4.78, 5) is 24.1. The molecule has 0 unspecified atom stereocenters. The molecule has 2 heterocycles. The van der Waals surface area contributed by atoms with Crippen molar-refractivity contribution in [2.75, 3.05) is 5.32 Å². The lowest BCUT2D eigenvalue weighted by atomic mass is 10.3. The number of carbonyl (C=O) groups excluding carboxylic acids is 2. The van der Waals surface area contributed by atoms with Crippen molar-refractivity contribution in [3.63, 3.8) is 0 Å². The minimum absolute atomic E-state index is 0.366. The quantitative estimate of drug-likeness (QED) is 0.498. The van der Waals surface area contributed by atoms with Crippen molar-refractivity contribution in [1.82, 2.24) is 4.98 Å². The van der Waals surface area contributed by atoms with Crippen LogP contribution in [0.15, 0.2) is 12.3 Å². The molecule has 50 valence electrons. The topological polar surface area (TPSA) is 62.0 Å².